The van der Waals surface area contributed by atoms with Crippen LogP contribution in [0.5, 0.6) is 11.5 Å². The van der Waals surface area contributed by atoms with Gasteiger partial charge in [-0.25, -0.2) is 0 Å². The van der Waals surface area contributed by atoms with Crippen molar-refractivity contribution in [3.63, 3.8) is 0 Å². The van der Waals surface area contributed by atoms with E-state index in [-0.39, 0.29) is 5.91 Å². The Morgan fingerprint density at radius 3 is 2.50 bits per heavy atom. The zero-order chi connectivity index (χ0) is 18.4. The molecule has 1 N–H and O–H groups in total. The van der Waals surface area contributed by atoms with E-state index in [1.54, 1.807) is 38.6 Å². The zero-order valence-electron chi connectivity index (χ0n) is 15.3. The van der Waals surface area contributed by atoms with E-state index < -0.39 is 0 Å². The van der Waals surface area contributed by atoms with Gasteiger partial charge < -0.3 is 19.7 Å². The summed E-state index contributed by atoms with van der Waals surface area (Å²) in [6.45, 7) is 2.05. The second kappa shape index (κ2) is 8.56. The SMILES string of the molecule is COc1ccc(NC(=O)c2cc(N3CCCCCC3)ccn2)c(OC)c1. The molecule has 0 unspecified atom stereocenters. The molecule has 1 saturated heterocycles. The van der Waals surface area contributed by atoms with E-state index in [0.29, 0.717) is 22.9 Å². The Labute approximate surface area is 154 Å². The first-order chi connectivity index (χ1) is 12.7. The van der Waals surface area contributed by atoms with Crippen LogP contribution in [0.2, 0.25) is 0 Å². The molecule has 1 aromatic heterocycles. The van der Waals surface area contributed by atoms with Gasteiger partial charge in [-0.3, -0.25) is 9.78 Å². The molecule has 2 aromatic rings. The average molecular weight is 355 g/mol. The van der Waals surface area contributed by atoms with Crippen molar-refractivity contribution in [3.05, 3.63) is 42.2 Å². The Kier molecular flexibility index (Phi) is 5.94. The highest BCUT2D eigenvalue weighted by atomic mass is 16.5. The van der Waals surface area contributed by atoms with Crippen molar-refractivity contribution < 1.29 is 14.3 Å². The number of rotatable bonds is 5. The molecule has 6 nitrogen and oxygen atoms in total. The van der Waals surface area contributed by atoms with Crippen LogP contribution in [0.4, 0.5) is 11.4 Å². The number of nitrogens with one attached hydrogen (secondary N) is 1. The standard InChI is InChI=1S/C20H25N3O3/c1-25-16-7-8-17(19(14-16)26-2)22-20(24)18-13-15(9-10-21-18)23-11-5-3-4-6-12-23/h7-10,13-14H,3-6,11-12H2,1-2H3,(H,22,24). The minimum Gasteiger partial charge on any atom is -0.497 e. The van der Waals surface area contributed by atoms with Gasteiger partial charge in [0, 0.05) is 31.0 Å². The minimum absolute atomic E-state index is 0.259. The number of pyridine rings is 1. The van der Waals surface area contributed by atoms with Gasteiger partial charge >= 0.3 is 0 Å². The van der Waals surface area contributed by atoms with Crippen LogP contribution in [0.15, 0.2) is 36.5 Å². The first-order valence-electron chi connectivity index (χ1n) is 8.95. The van der Waals surface area contributed by atoms with Gasteiger partial charge in [0.15, 0.2) is 0 Å². The topological polar surface area (TPSA) is 63.7 Å². The van der Waals surface area contributed by atoms with Crippen LogP contribution in [-0.2, 0) is 0 Å². The monoisotopic (exact) mass is 355 g/mol. The number of anilines is 2. The predicted molar refractivity (Wildman–Crippen MR) is 102 cm³/mol. The Bertz CT molecular complexity index is 756. The molecule has 0 spiro atoms. The molecule has 3 rings (SSSR count). The fraction of sp³-hybridized carbons (Fsp3) is 0.400. The van der Waals surface area contributed by atoms with E-state index in [1.165, 1.54) is 25.7 Å². The third-order valence-electron chi connectivity index (χ3n) is 4.60. The van der Waals surface area contributed by atoms with E-state index in [2.05, 4.69) is 15.2 Å². The van der Waals surface area contributed by atoms with Crippen molar-refractivity contribution in [1.82, 2.24) is 4.98 Å². The van der Waals surface area contributed by atoms with Gasteiger partial charge in [0.1, 0.15) is 17.2 Å². The van der Waals surface area contributed by atoms with Crippen LogP contribution in [0, 0.1) is 0 Å². The van der Waals surface area contributed by atoms with Gasteiger partial charge in [-0.2, -0.15) is 0 Å². The summed E-state index contributed by atoms with van der Waals surface area (Å²) in [6.07, 6.45) is 6.61. The van der Waals surface area contributed by atoms with E-state index >= 15 is 0 Å². The highest BCUT2D eigenvalue weighted by Gasteiger charge is 2.15. The van der Waals surface area contributed by atoms with Crippen molar-refractivity contribution in [3.8, 4) is 11.5 Å². The van der Waals surface area contributed by atoms with Crippen LogP contribution < -0.4 is 19.7 Å². The maximum absolute atomic E-state index is 12.7. The first kappa shape index (κ1) is 18.0. The molecular weight excluding hydrogens is 330 g/mol. The molecule has 1 aromatic carbocycles. The molecule has 1 fully saturated rings. The van der Waals surface area contributed by atoms with Crippen molar-refractivity contribution >= 4 is 17.3 Å². The second-order valence-electron chi connectivity index (χ2n) is 6.32. The van der Waals surface area contributed by atoms with Gasteiger partial charge in [0.05, 0.1) is 19.9 Å². The van der Waals surface area contributed by atoms with Gasteiger partial charge in [-0.1, -0.05) is 12.8 Å². The van der Waals surface area contributed by atoms with E-state index in [1.807, 2.05) is 12.1 Å². The maximum Gasteiger partial charge on any atom is 0.274 e. The lowest BCUT2D eigenvalue weighted by atomic mass is 10.2. The largest absolute Gasteiger partial charge is 0.497 e. The van der Waals surface area contributed by atoms with Crippen molar-refractivity contribution in [2.45, 2.75) is 25.7 Å². The summed E-state index contributed by atoms with van der Waals surface area (Å²) in [5, 5.41) is 2.87. The molecule has 0 saturated carbocycles. The Morgan fingerprint density at radius 1 is 1.04 bits per heavy atom. The minimum atomic E-state index is -0.259. The molecular formula is C20H25N3O3. The molecule has 1 amide bonds. The van der Waals surface area contributed by atoms with Crippen molar-refractivity contribution in [1.29, 1.82) is 0 Å². The molecule has 138 valence electrons. The van der Waals surface area contributed by atoms with Gasteiger partial charge in [-0.05, 0) is 37.1 Å². The Hall–Kier alpha value is -2.76. The molecule has 1 aliphatic heterocycles. The number of nitrogens with zero attached hydrogens (tertiary/aromatic N) is 2. The number of carbonyl (C=O) groups is 1. The first-order valence-corrected chi connectivity index (χ1v) is 8.95. The van der Waals surface area contributed by atoms with E-state index in [9.17, 15) is 4.79 Å². The lowest BCUT2D eigenvalue weighted by molar-refractivity contribution is 0.102. The lowest BCUT2D eigenvalue weighted by Gasteiger charge is -2.22. The summed E-state index contributed by atoms with van der Waals surface area (Å²) in [5.41, 5.74) is 2.03. The number of hydrogen-bond donors (Lipinski definition) is 1. The Morgan fingerprint density at radius 2 is 1.81 bits per heavy atom. The van der Waals surface area contributed by atoms with Crippen LogP contribution in [0.25, 0.3) is 0 Å². The smallest absolute Gasteiger partial charge is 0.274 e. The lowest BCUT2D eigenvalue weighted by Crippen LogP contribution is -2.24. The summed E-state index contributed by atoms with van der Waals surface area (Å²) in [6, 6.07) is 9.09. The fourth-order valence-electron chi connectivity index (χ4n) is 3.16. The summed E-state index contributed by atoms with van der Waals surface area (Å²) >= 11 is 0. The number of amides is 1. The third kappa shape index (κ3) is 4.25. The van der Waals surface area contributed by atoms with Gasteiger partial charge in [0.25, 0.3) is 5.91 Å². The fourth-order valence-corrected chi connectivity index (χ4v) is 3.16. The average Bonchev–Trinajstić information content (AvgIpc) is 2.98. The molecule has 0 bridgehead atoms. The van der Waals surface area contributed by atoms with Crippen LogP contribution >= 0.6 is 0 Å². The van der Waals surface area contributed by atoms with E-state index in [4.69, 9.17) is 9.47 Å². The zero-order valence-corrected chi connectivity index (χ0v) is 15.3. The van der Waals surface area contributed by atoms with E-state index in [0.717, 1.165) is 18.8 Å². The molecule has 1 aliphatic rings. The third-order valence-corrected chi connectivity index (χ3v) is 4.60. The number of carbonyl (C=O) groups excluding carboxylic acids is 1. The van der Waals surface area contributed by atoms with Crippen LogP contribution in [-0.4, -0.2) is 38.2 Å². The number of methoxy groups -OCH3 is 2. The molecule has 0 aliphatic carbocycles. The quantitative estimate of drug-likeness (QED) is 0.885. The Balaban J connectivity index is 1.77. The van der Waals surface area contributed by atoms with Crippen molar-refractivity contribution in [2.75, 3.05) is 37.5 Å². The van der Waals surface area contributed by atoms with Gasteiger partial charge in [0.2, 0.25) is 0 Å². The van der Waals surface area contributed by atoms with Crippen molar-refractivity contribution in [2.24, 2.45) is 0 Å². The number of aromatic nitrogens is 1. The molecule has 0 radical (unpaired) electrons. The molecule has 6 heteroatoms. The summed E-state index contributed by atoms with van der Waals surface area (Å²) in [5.74, 6) is 0.952. The highest BCUT2D eigenvalue weighted by molar-refractivity contribution is 6.04. The summed E-state index contributed by atoms with van der Waals surface area (Å²) < 4.78 is 10.5. The summed E-state index contributed by atoms with van der Waals surface area (Å²) in [4.78, 5) is 19.2. The highest BCUT2D eigenvalue weighted by Crippen LogP contribution is 2.29. The number of benzene rings is 1. The van der Waals surface area contributed by atoms with Gasteiger partial charge in [-0.15, -0.1) is 0 Å². The number of ether oxygens (including phenoxy) is 2. The predicted octanol–water partition coefficient (Wildman–Crippen LogP) is 3.73. The molecule has 2 heterocycles. The summed E-state index contributed by atoms with van der Waals surface area (Å²) in [7, 11) is 3.15. The molecule has 26 heavy (non-hydrogen) atoms. The number of hydrogen-bond acceptors (Lipinski definition) is 5. The maximum atomic E-state index is 12.7. The molecule has 0 atom stereocenters. The van der Waals surface area contributed by atoms with Crippen LogP contribution in [0.3, 0.4) is 0 Å². The normalized spacial score (nSPS) is 14.5. The second-order valence-corrected chi connectivity index (χ2v) is 6.32. The van der Waals surface area contributed by atoms with Crippen LogP contribution in [0.1, 0.15) is 36.2 Å².